The fraction of sp³-hybridized carbons (Fsp3) is 0.571. The van der Waals surface area contributed by atoms with Crippen molar-refractivity contribution in [2.24, 2.45) is 11.8 Å². The molecule has 208 valence electrons. The summed E-state index contributed by atoms with van der Waals surface area (Å²) >= 11 is 0. The van der Waals surface area contributed by atoms with E-state index in [1.165, 1.54) is 70.7 Å². The molecule has 0 atom stereocenters. The molecular formula is C28H39N3O6S. The van der Waals surface area contributed by atoms with Gasteiger partial charge in [-0.3, -0.25) is 29.0 Å². The largest absolute Gasteiger partial charge is 0.275 e. The van der Waals surface area contributed by atoms with Gasteiger partial charge in [0, 0.05) is 26.2 Å². The molecular weight excluding hydrogens is 506 g/mol. The number of sulfonamides is 1. The summed E-state index contributed by atoms with van der Waals surface area (Å²) in [5, 5.41) is 0. The van der Waals surface area contributed by atoms with Crippen LogP contribution in [0.1, 0.15) is 57.8 Å². The van der Waals surface area contributed by atoms with E-state index >= 15 is 0 Å². The van der Waals surface area contributed by atoms with Gasteiger partial charge in [0.25, 0.3) is 23.6 Å². The molecule has 3 aliphatic heterocycles. The van der Waals surface area contributed by atoms with Gasteiger partial charge in [0.05, 0.1) is 6.26 Å². The predicted molar refractivity (Wildman–Crippen MR) is 145 cm³/mol. The lowest BCUT2D eigenvalue weighted by Crippen LogP contribution is -2.38. The first-order valence-electron chi connectivity index (χ1n) is 13.5. The summed E-state index contributed by atoms with van der Waals surface area (Å²) in [7, 11) is -3.12. The summed E-state index contributed by atoms with van der Waals surface area (Å²) in [6.45, 7) is 1.90. The van der Waals surface area contributed by atoms with Crippen LogP contribution in [-0.4, -0.2) is 78.6 Å². The number of hydrogen-bond acceptors (Lipinski definition) is 6. The highest BCUT2D eigenvalue weighted by Crippen LogP contribution is 2.24. The molecule has 2 fully saturated rings. The molecule has 1 saturated carbocycles. The van der Waals surface area contributed by atoms with Crippen molar-refractivity contribution in [3.8, 4) is 0 Å². The molecule has 38 heavy (non-hydrogen) atoms. The minimum atomic E-state index is -3.12. The van der Waals surface area contributed by atoms with Gasteiger partial charge in [-0.05, 0) is 74.7 Å². The second kappa shape index (κ2) is 14.3. The van der Waals surface area contributed by atoms with Crippen LogP contribution >= 0.6 is 0 Å². The first-order valence-corrected chi connectivity index (χ1v) is 15.4. The van der Waals surface area contributed by atoms with E-state index in [1.807, 2.05) is 12.2 Å². The molecule has 0 aromatic rings. The second-order valence-corrected chi connectivity index (χ2v) is 12.1. The molecule has 1 aliphatic carbocycles. The zero-order valence-electron chi connectivity index (χ0n) is 22.2. The Hall–Kier alpha value is -2.85. The zero-order chi connectivity index (χ0) is 27.5. The van der Waals surface area contributed by atoms with Gasteiger partial charge in [-0.2, -0.15) is 0 Å². The Kier molecular flexibility index (Phi) is 11.2. The Morgan fingerprint density at radius 3 is 1.61 bits per heavy atom. The number of piperidine rings is 1. The summed E-state index contributed by atoms with van der Waals surface area (Å²) in [6.07, 6.45) is 23.6. The van der Waals surface area contributed by atoms with Crippen LogP contribution in [0.3, 0.4) is 0 Å². The molecule has 0 radical (unpaired) electrons. The predicted octanol–water partition coefficient (Wildman–Crippen LogP) is 2.97. The lowest BCUT2D eigenvalue weighted by molar-refractivity contribution is -0.140. The van der Waals surface area contributed by atoms with E-state index in [4.69, 9.17) is 0 Å². The Labute approximate surface area is 226 Å². The van der Waals surface area contributed by atoms with Crippen molar-refractivity contribution >= 4 is 33.7 Å². The maximum atomic E-state index is 12.0. The Morgan fingerprint density at radius 2 is 1.18 bits per heavy atom. The van der Waals surface area contributed by atoms with E-state index in [2.05, 4.69) is 0 Å². The molecule has 4 aliphatic rings. The van der Waals surface area contributed by atoms with Crippen molar-refractivity contribution in [1.82, 2.24) is 14.1 Å². The van der Waals surface area contributed by atoms with E-state index < -0.39 is 10.0 Å². The monoisotopic (exact) mass is 545 g/mol. The van der Waals surface area contributed by atoms with Crippen LogP contribution in [-0.2, 0) is 29.2 Å². The van der Waals surface area contributed by atoms with Crippen LogP contribution < -0.4 is 0 Å². The van der Waals surface area contributed by atoms with Crippen LogP contribution in [0.15, 0.2) is 48.6 Å². The lowest BCUT2D eigenvalue weighted by Gasteiger charge is -2.28. The number of carbonyl (C=O) groups excluding carboxylic acids is 4. The minimum Gasteiger partial charge on any atom is -0.275 e. The maximum Gasteiger partial charge on any atom is 0.253 e. The summed E-state index contributed by atoms with van der Waals surface area (Å²) in [5.74, 6) is -0.206. The Morgan fingerprint density at radius 1 is 0.737 bits per heavy atom. The quantitative estimate of drug-likeness (QED) is 0.491. The van der Waals surface area contributed by atoms with Gasteiger partial charge >= 0.3 is 0 Å². The van der Waals surface area contributed by atoms with Crippen molar-refractivity contribution < 1.29 is 27.6 Å². The summed E-state index contributed by atoms with van der Waals surface area (Å²) in [4.78, 5) is 49.4. The van der Waals surface area contributed by atoms with E-state index in [9.17, 15) is 27.6 Å². The SMILES string of the molecule is CS(=O)(=O)N1CCC(/C=C/C(=O)N2CCC=CC2=O)CC1.O=C1C=CCCN1C(=O)/C=C/C1CCCCC1. The normalized spacial score (nSPS) is 22.2. The second-order valence-electron chi connectivity index (χ2n) is 10.2. The van der Waals surface area contributed by atoms with E-state index in [-0.39, 0.29) is 29.5 Å². The van der Waals surface area contributed by atoms with Crippen LogP contribution in [0.2, 0.25) is 0 Å². The average Bonchev–Trinajstić information content (AvgIpc) is 2.91. The first-order chi connectivity index (χ1) is 18.1. The van der Waals surface area contributed by atoms with Gasteiger partial charge < -0.3 is 0 Å². The van der Waals surface area contributed by atoms with Gasteiger partial charge in [-0.15, -0.1) is 0 Å². The van der Waals surface area contributed by atoms with E-state index in [1.54, 1.807) is 18.2 Å². The molecule has 0 unspecified atom stereocenters. The Bertz CT molecular complexity index is 1090. The van der Waals surface area contributed by atoms with Gasteiger partial charge in [0.15, 0.2) is 0 Å². The van der Waals surface area contributed by atoms with Crippen molar-refractivity contribution in [3.05, 3.63) is 48.6 Å². The topological polar surface area (TPSA) is 112 Å². The molecule has 0 bridgehead atoms. The molecule has 0 N–H and O–H groups in total. The third kappa shape index (κ3) is 9.16. The number of carbonyl (C=O) groups is 4. The number of allylic oxidation sites excluding steroid dienone is 2. The standard InChI is InChI=1S/C14H20N2O4S.C14H19NO2/c1-21(19,20)15-10-7-12(8-11-15)5-6-14(18)16-9-3-2-4-13(16)17;16-13-8-4-5-11-15(13)14(17)10-9-12-6-2-1-3-7-12/h2,4-6,12H,3,7-11H2,1H3;4,8-10,12H,1-3,5-7,11H2/b6-5+;10-9+. The molecule has 4 rings (SSSR count). The summed E-state index contributed by atoms with van der Waals surface area (Å²) in [6, 6.07) is 0. The van der Waals surface area contributed by atoms with Gasteiger partial charge in [-0.25, -0.2) is 12.7 Å². The van der Waals surface area contributed by atoms with Crippen LogP contribution in [0.5, 0.6) is 0 Å². The number of nitrogens with zero attached hydrogens (tertiary/aromatic N) is 3. The van der Waals surface area contributed by atoms with Crippen LogP contribution in [0.25, 0.3) is 0 Å². The smallest absolute Gasteiger partial charge is 0.253 e. The van der Waals surface area contributed by atoms with Crippen molar-refractivity contribution in [1.29, 1.82) is 0 Å². The highest BCUT2D eigenvalue weighted by atomic mass is 32.2. The molecule has 3 heterocycles. The number of rotatable bonds is 5. The first kappa shape index (κ1) is 29.7. The van der Waals surface area contributed by atoms with Gasteiger partial charge in [-0.1, -0.05) is 43.6 Å². The molecule has 1 saturated heterocycles. The fourth-order valence-electron chi connectivity index (χ4n) is 4.96. The molecule has 0 aromatic heterocycles. The van der Waals surface area contributed by atoms with Gasteiger partial charge in [0.2, 0.25) is 10.0 Å². The number of amides is 4. The molecule has 4 amide bonds. The average molecular weight is 546 g/mol. The molecule has 0 spiro atoms. The fourth-order valence-corrected chi connectivity index (χ4v) is 5.83. The molecule has 10 heteroatoms. The maximum absolute atomic E-state index is 12.0. The highest BCUT2D eigenvalue weighted by molar-refractivity contribution is 7.88. The van der Waals surface area contributed by atoms with Crippen molar-refractivity contribution in [2.75, 3.05) is 32.4 Å². The van der Waals surface area contributed by atoms with Crippen LogP contribution in [0, 0.1) is 11.8 Å². The molecule has 9 nitrogen and oxygen atoms in total. The number of imide groups is 2. The van der Waals surface area contributed by atoms with Crippen molar-refractivity contribution in [3.63, 3.8) is 0 Å². The molecule has 0 aromatic carbocycles. The van der Waals surface area contributed by atoms with Crippen LogP contribution in [0.4, 0.5) is 0 Å². The lowest BCUT2D eigenvalue weighted by atomic mass is 9.89. The van der Waals surface area contributed by atoms with Gasteiger partial charge in [0.1, 0.15) is 0 Å². The minimum absolute atomic E-state index is 0.162. The van der Waals surface area contributed by atoms with Crippen molar-refractivity contribution in [2.45, 2.75) is 57.8 Å². The third-order valence-corrected chi connectivity index (χ3v) is 8.57. The van der Waals surface area contributed by atoms with E-state index in [0.717, 1.165) is 6.42 Å². The van der Waals surface area contributed by atoms with E-state index in [0.29, 0.717) is 51.4 Å². The Balaban J connectivity index is 0.000000215. The highest BCUT2D eigenvalue weighted by Gasteiger charge is 2.25. The third-order valence-electron chi connectivity index (χ3n) is 7.26. The summed E-state index contributed by atoms with van der Waals surface area (Å²) in [5.41, 5.74) is 0. The summed E-state index contributed by atoms with van der Waals surface area (Å²) < 4.78 is 24.3. The zero-order valence-corrected chi connectivity index (χ0v) is 23.0. The number of hydrogen-bond donors (Lipinski definition) is 0.